The Morgan fingerprint density at radius 3 is 2.73 bits per heavy atom. The highest BCUT2D eigenvalue weighted by atomic mass is 19.2. The van der Waals surface area contributed by atoms with Crippen LogP contribution in [0.5, 0.6) is 0 Å². The number of nitrogens with zero attached hydrogens (tertiary/aromatic N) is 1. The van der Waals surface area contributed by atoms with Crippen molar-refractivity contribution >= 4 is 0 Å². The highest BCUT2D eigenvalue weighted by Gasteiger charge is 2.23. The fourth-order valence-electron chi connectivity index (χ4n) is 2.16. The van der Waals surface area contributed by atoms with Crippen LogP contribution < -0.4 is 0 Å². The minimum Gasteiger partial charge on any atom is -0.303 e. The molecule has 0 aliphatic carbocycles. The zero-order valence-electron chi connectivity index (χ0n) is 8.84. The third-order valence-corrected chi connectivity index (χ3v) is 3.13. The van der Waals surface area contributed by atoms with Gasteiger partial charge in [-0.2, -0.15) is 0 Å². The summed E-state index contributed by atoms with van der Waals surface area (Å²) >= 11 is 0. The van der Waals surface area contributed by atoms with Crippen molar-refractivity contribution in [2.45, 2.75) is 19.3 Å². The molecule has 3 heteroatoms. The van der Waals surface area contributed by atoms with E-state index in [1.54, 1.807) is 6.07 Å². The van der Waals surface area contributed by atoms with Crippen LogP contribution in [-0.2, 0) is 0 Å². The van der Waals surface area contributed by atoms with Gasteiger partial charge < -0.3 is 4.90 Å². The first kappa shape index (κ1) is 10.6. The normalized spacial score (nSPS) is 22.2. The van der Waals surface area contributed by atoms with E-state index < -0.39 is 11.6 Å². The maximum Gasteiger partial charge on any atom is 0.159 e. The molecule has 1 aromatic carbocycles. The van der Waals surface area contributed by atoms with Crippen molar-refractivity contribution < 1.29 is 8.78 Å². The molecule has 82 valence electrons. The molecule has 1 aliphatic heterocycles. The molecule has 0 amide bonds. The van der Waals surface area contributed by atoms with Gasteiger partial charge in [0.1, 0.15) is 0 Å². The van der Waals surface area contributed by atoms with Crippen LogP contribution in [0.3, 0.4) is 0 Å². The van der Waals surface area contributed by atoms with Crippen molar-refractivity contribution in [1.29, 1.82) is 0 Å². The van der Waals surface area contributed by atoms with Crippen LogP contribution in [0.25, 0.3) is 0 Å². The van der Waals surface area contributed by atoms with Crippen molar-refractivity contribution in [2.24, 2.45) is 0 Å². The molecule has 1 aromatic rings. The standard InChI is InChI=1S/C12H15F2N/c1-2-15-6-5-10(8-15)9-3-4-11(13)12(14)7-9/h3-4,7,10H,2,5-6,8H2,1H3/t10-/m0/s1. The second-order valence-corrected chi connectivity index (χ2v) is 4.05. The Hall–Kier alpha value is -0.960. The van der Waals surface area contributed by atoms with E-state index in [1.165, 1.54) is 12.1 Å². The fourth-order valence-corrected chi connectivity index (χ4v) is 2.16. The lowest BCUT2D eigenvalue weighted by Gasteiger charge is -2.13. The lowest BCUT2D eigenvalue weighted by Crippen LogP contribution is -2.19. The van der Waals surface area contributed by atoms with Crippen LogP contribution >= 0.6 is 0 Å². The molecule has 1 heterocycles. The number of benzene rings is 1. The van der Waals surface area contributed by atoms with Crippen molar-refractivity contribution in [3.63, 3.8) is 0 Å². The average molecular weight is 211 g/mol. The molecule has 0 unspecified atom stereocenters. The summed E-state index contributed by atoms with van der Waals surface area (Å²) in [5.74, 6) is -1.13. The van der Waals surface area contributed by atoms with Gasteiger partial charge in [-0.1, -0.05) is 13.0 Å². The number of likely N-dealkylation sites (N-methyl/N-ethyl adjacent to an activating group) is 1. The SMILES string of the molecule is CCN1CC[C@H](c2ccc(F)c(F)c2)C1. The Balaban J connectivity index is 2.13. The molecule has 0 saturated carbocycles. The molecule has 0 bridgehead atoms. The van der Waals surface area contributed by atoms with E-state index in [0.29, 0.717) is 5.92 Å². The summed E-state index contributed by atoms with van der Waals surface area (Å²) in [4.78, 5) is 2.33. The minimum atomic E-state index is -0.760. The molecule has 0 aromatic heterocycles. The molecule has 1 atom stereocenters. The lowest BCUT2D eigenvalue weighted by molar-refractivity contribution is 0.353. The van der Waals surface area contributed by atoms with Gasteiger partial charge in [-0.25, -0.2) is 8.78 Å². The van der Waals surface area contributed by atoms with E-state index in [2.05, 4.69) is 11.8 Å². The first-order valence-corrected chi connectivity index (χ1v) is 5.38. The van der Waals surface area contributed by atoms with Crippen LogP contribution in [0, 0.1) is 11.6 Å². The maximum atomic E-state index is 13.0. The molecule has 0 N–H and O–H groups in total. The molecule has 1 nitrogen and oxygen atoms in total. The topological polar surface area (TPSA) is 3.24 Å². The summed E-state index contributed by atoms with van der Waals surface area (Å²) < 4.78 is 25.8. The summed E-state index contributed by atoms with van der Waals surface area (Å²) in [5.41, 5.74) is 0.921. The number of hydrogen-bond acceptors (Lipinski definition) is 1. The number of halogens is 2. The Labute approximate surface area is 88.7 Å². The summed E-state index contributed by atoms with van der Waals surface area (Å²) in [7, 11) is 0. The molecule has 0 radical (unpaired) electrons. The molecule has 1 aliphatic rings. The van der Waals surface area contributed by atoms with Crippen molar-refractivity contribution in [2.75, 3.05) is 19.6 Å². The van der Waals surface area contributed by atoms with E-state index >= 15 is 0 Å². The third kappa shape index (κ3) is 2.17. The van der Waals surface area contributed by atoms with Gasteiger partial charge in [0, 0.05) is 6.54 Å². The molecule has 15 heavy (non-hydrogen) atoms. The molecular formula is C12H15F2N. The molecule has 1 saturated heterocycles. The minimum absolute atomic E-state index is 0.361. The predicted molar refractivity (Wildman–Crippen MR) is 55.8 cm³/mol. The molecule has 2 rings (SSSR count). The Morgan fingerprint density at radius 1 is 1.33 bits per heavy atom. The predicted octanol–water partition coefficient (Wildman–Crippen LogP) is 2.77. The van der Waals surface area contributed by atoms with Crippen molar-refractivity contribution in [3.8, 4) is 0 Å². The van der Waals surface area contributed by atoms with Crippen molar-refractivity contribution in [1.82, 2.24) is 4.90 Å². The number of hydrogen-bond donors (Lipinski definition) is 0. The van der Waals surface area contributed by atoms with Gasteiger partial charge in [0.2, 0.25) is 0 Å². The Morgan fingerprint density at radius 2 is 2.13 bits per heavy atom. The highest BCUT2D eigenvalue weighted by molar-refractivity contribution is 5.23. The second-order valence-electron chi connectivity index (χ2n) is 4.05. The highest BCUT2D eigenvalue weighted by Crippen LogP contribution is 2.27. The zero-order chi connectivity index (χ0) is 10.8. The summed E-state index contributed by atoms with van der Waals surface area (Å²) in [6, 6.07) is 4.25. The van der Waals surface area contributed by atoms with Gasteiger partial charge >= 0.3 is 0 Å². The van der Waals surface area contributed by atoms with E-state index in [4.69, 9.17) is 0 Å². The number of rotatable bonds is 2. The summed E-state index contributed by atoms with van der Waals surface area (Å²) in [5, 5.41) is 0. The van der Waals surface area contributed by atoms with Crippen LogP contribution in [0.2, 0.25) is 0 Å². The Bertz CT molecular complexity index is 351. The monoisotopic (exact) mass is 211 g/mol. The zero-order valence-corrected chi connectivity index (χ0v) is 8.84. The lowest BCUT2D eigenvalue weighted by atomic mass is 9.98. The maximum absolute atomic E-state index is 13.0. The van der Waals surface area contributed by atoms with E-state index in [9.17, 15) is 8.78 Å². The van der Waals surface area contributed by atoms with E-state index in [-0.39, 0.29) is 0 Å². The summed E-state index contributed by atoms with van der Waals surface area (Å²) in [6.07, 6.45) is 1.04. The van der Waals surface area contributed by atoms with Gasteiger partial charge in [-0.05, 0) is 43.1 Å². The molecule has 1 fully saturated rings. The van der Waals surface area contributed by atoms with E-state index in [0.717, 1.165) is 31.6 Å². The van der Waals surface area contributed by atoms with Gasteiger partial charge in [0.25, 0.3) is 0 Å². The van der Waals surface area contributed by atoms with Crippen LogP contribution in [0.4, 0.5) is 8.78 Å². The molecular weight excluding hydrogens is 196 g/mol. The van der Waals surface area contributed by atoms with Gasteiger partial charge in [-0.15, -0.1) is 0 Å². The fraction of sp³-hybridized carbons (Fsp3) is 0.500. The molecule has 0 spiro atoms. The van der Waals surface area contributed by atoms with Crippen molar-refractivity contribution in [3.05, 3.63) is 35.4 Å². The van der Waals surface area contributed by atoms with Gasteiger partial charge in [0.15, 0.2) is 11.6 Å². The van der Waals surface area contributed by atoms with Crippen LogP contribution in [-0.4, -0.2) is 24.5 Å². The van der Waals surface area contributed by atoms with Gasteiger partial charge in [-0.3, -0.25) is 0 Å². The quantitative estimate of drug-likeness (QED) is 0.727. The van der Waals surface area contributed by atoms with Crippen LogP contribution in [0.1, 0.15) is 24.8 Å². The first-order chi connectivity index (χ1) is 7.20. The smallest absolute Gasteiger partial charge is 0.159 e. The first-order valence-electron chi connectivity index (χ1n) is 5.38. The third-order valence-electron chi connectivity index (χ3n) is 3.13. The van der Waals surface area contributed by atoms with Gasteiger partial charge in [0.05, 0.1) is 0 Å². The van der Waals surface area contributed by atoms with Crippen LogP contribution in [0.15, 0.2) is 18.2 Å². The average Bonchev–Trinajstić information content (AvgIpc) is 2.70. The largest absolute Gasteiger partial charge is 0.303 e. The Kier molecular flexibility index (Phi) is 3.00. The van der Waals surface area contributed by atoms with E-state index in [1.807, 2.05) is 0 Å². The number of likely N-dealkylation sites (tertiary alicyclic amines) is 1. The summed E-state index contributed by atoms with van der Waals surface area (Å²) in [6.45, 7) is 5.16. The second kappa shape index (κ2) is 4.27.